The topological polar surface area (TPSA) is 44.4 Å². The number of hydrogen-bond acceptors (Lipinski definition) is 2. The summed E-state index contributed by atoms with van der Waals surface area (Å²) in [5.74, 6) is 1.44. The van der Waals surface area contributed by atoms with Crippen molar-refractivity contribution < 1.29 is 4.79 Å². The molecular formula is C21H33N3O. The van der Waals surface area contributed by atoms with Crippen molar-refractivity contribution in [1.29, 1.82) is 0 Å². The van der Waals surface area contributed by atoms with E-state index in [0.717, 1.165) is 25.2 Å². The fraction of sp³-hybridized carbons (Fsp3) is 0.667. The molecule has 2 saturated carbocycles. The Bertz CT molecular complexity index is 533. The molecule has 1 unspecified atom stereocenters. The standard InChI is InChI=1S/C21H33N3O/c1-24(2)15-17-8-12-19(13-9-17)22-21(25)23-20(18-10-11-18)14-16-6-4-3-5-7-16/h3-7,17-20H,8-15H2,1-2H3,(H2,22,23,25). The van der Waals surface area contributed by atoms with E-state index in [-0.39, 0.29) is 12.1 Å². The zero-order chi connectivity index (χ0) is 17.6. The second-order valence-corrected chi connectivity index (χ2v) is 8.23. The minimum absolute atomic E-state index is 0.0314. The van der Waals surface area contributed by atoms with Gasteiger partial charge in [0, 0.05) is 18.6 Å². The fourth-order valence-electron chi connectivity index (χ4n) is 4.10. The van der Waals surface area contributed by atoms with Crippen LogP contribution < -0.4 is 10.6 Å². The summed E-state index contributed by atoms with van der Waals surface area (Å²) >= 11 is 0. The quantitative estimate of drug-likeness (QED) is 0.797. The maximum atomic E-state index is 12.5. The first-order chi connectivity index (χ1) is 12.1. The number of carbonyl (C=O) groups excluding carboxylic acids is 1. The zero-order valence-corrected chi connectivity index (χ0v) is 15.7. The van der Waals surface area contributed by atoms with Crippen LogP contribution in [0, 0.1) is 11.8 Å². The minimum Gasteiger partial charge on any atom is -0.335 e. The van der Waals surface area contributed by atoms with Crippen LogP contribution in [0.3, 0.4) is 0 Å². The number of benzene rings is 1. The molecule has 0 spiro atoms. The molecule has 0 radical (unpaired) electrons. The molecule has 0 saturated heterocycles. The molecule has 2 aliphatic rings. The van der Waals surface area contributed by atoms with E-state index in [2.05, 4.69) is 53.9 Å². The van der Waals surface area contributed by atoms with E-state index in [1.807, 2.05) is 6.07 Å². The van der Waals surface area contributed by atoms with Crippen LogP contribution in [0.1, 0.15) is 44.1 Å². The van der Waals surface area contributed by atoms with Gasteiger partial charge in [-0.3, -0.25) is 0 Å². The van der Waals surface area contributed by atoms with Gasteiger partial charge in [-0.25, -0.2) is 4.79 Å². The summed E-state index contributed by atoms with van der Waals surface area (Å²) in [5, 5.41) is 6.49. The van der Waals surface area contributed by atoms with E-state index in [1.165, 1.54) is 37.8 Å². The number of carbonyl (C=O) groups is 1. The van der Waals surface area contributed by atoms with Gasteiger partial charge in [0.1, 0.15) is 0 Å². The van der Waals surface area contributed by atoms with E-state index in [1.54, 1.807) is 0 Å². The Labute approximate surface area is 152 Å². The summed E-state index contributed by atoms with van der Waals surface area (Å²) < 4.78 is 0. The van der Waals surface area contributed by atoms with Crippen molar-refractivity contribution in [3.63, 3.8) is 0 Å². The highest BCUT2D eigenvalue weighted by Gasteiger charge is 2.33. The molecule has 0 aromatic heterocycles. The monoisotopic (exact) mass is 343 g/mol. The third kappa shape index (κ3) is 6.03. The Morgan fingerprint density at radius 2 is 1.76 bits per heavy atom. The number of nitrogens with one attached hydrogen (secondary N) is 2. The molecular weight excluding hydrogens is 310 g/mol. The first kappa shape index (κ1) is 18.2. The van der Waals surface area contributed by atoms with Crippen LogP contribution in [-0.2, 0) is 6.42 Å². The number of nitrogens with zero attached hydrogens (tertiary/aromatic N) is 1. The Hall–Kier alpha value is -1.55. The number of amides is 2. The molecule has 3 rings (SSSR count). The summed E-state index contributed by atoms with van der Waals surface area (Å²) in [6.45, 7) is 1.17. The maximum absolute atomic E-state index is 12.5. The molecule has 4 nitrogen and oxygen atoms in total. The third-order valence-corrected chi connectivity index (χ3v) is 5.61. The summed E-state index contributed by atoms with van der Waals surface area (Å²) in [4.78, 5) is 14.7. The van der Waals surface area contributed by atoms with Gasteiger partial charge in [0.2, 0.25) is 0 Å². The number of urea groups is 1. The fourth-order valence-corrected chi connectivity index (χ4v) is 4.10. The molecule has 1 aromatic rings. The van der Waals surface area contributed by atoms with Crippen LogP contribution in [0.4, 0.5) is 4.79 Å². The van der Waals surface area contributed by atoms with Crippen LogP contribution in [0.2, 0.25) is 0 Å². The molecule has 138 valence electrons. The van der Waals surface area contributed by atoms with Gasteiger partial charge in [-0.15, -0.1) is 0 Å². The largest absolute Gasteiger partial charge is 0.335 e. The average molecular weight is 344 g/mol. The van der Waals surface area contributed by atoms with Crippen LogP contribution in [0.15, 0.2) is 30.3 Å². The molecule has 4 heteroatoms. The lowest BCUT2D eigenvalue weighted by Crippen LogP contribution is -2.48. The van der Waals surface area contributed by atoms with Crippen molar-refractivity contribution in [3.8, 4) is 0 Å². The maximum Gasteiger partial charge on any atom is 0.315 e. The third-order valence-electron chi connectivity index (χ3n) is 5.61. The first-order valence-electron chi connectivity index (χ1n) is 9.86. The highest BCUT2D eigenvalue weighted by Crippen LogP contribution is 2.34. The molecule has 2 aliphatic carbocycles. The predicted octanol–water partition coefficient (Wildman–Crippen LogP) is 3.43. The molecule has 2 fully saturated rings. The van der Waals surface area contributed by atoms with E-state index < -0.39 is 0 Å². The van der Waals surface area contributed by atoms with Gasteiger partial charge in [0.25, 0.3) is 0 Å². The van der Waals surface area contributed by atoms with E-state index in [0.29, 0.717) is 12.0 Å². The van der Waals surface area contributed by atoms with Gasteiger partial charge in [-0.1, -0.05) is 30.3 Å². The van der Waals surface area contributed by atoms with Crippen LogP contribution >= 0.6 is 0 Å². The van der Waals surface area contributed by atoms with Crippen molar-refractivity contribution in [2.24, 2.45) is 11.8 Å². The summed E-state index contributed by atoms with van der Waals surface area (Å²) in [6.07, 6.45) is 8.09. The molecule has 2 amide bonds. The van der Waals surface area contributed by atoms with Crippen LogP contribution in [-0.4, -0.2) is 43.7 Å². The van der Waals surface area contributed by atoms with Crippen molar-refractivity contribution >= 4 is 6.03 Å². The minimum atomic E-state index is 0.0314. The van der Waals surface area contributed by atoms with E-state index in [9.17, 15) is 4.79 Å². The molecule has 1 aromatic carbocycles. The average Bonchev–Trinajstić information content (AvgIpc) is 3.41. The first-order valence-corrected chi connectivity index (χ1v) is 9.86. The molecule has 1 atom stereocenters. The summed E-state index contributed by atoms with van der Waals surface area (Å²) in [5.41, 5.74) is 1.31. The van der Waals surface area contributed by atoms with Crippen molar-refractivity contribution in [2.75, 3.05) is 20.6 Å². The lowest BCUT2D eigenvalue weighted by Gasteiger charge is -2.31. The molecule has 2 N–H and O–H groups in total. The highest BCUT2D eigenvalue weighted by molar-refractivity contribution is 5.74. The Kier molecular flexibility index (Phi) is 6.35. The van der Waals surface area contributed by atoms with Crippen molar-refractivity contribution in [2.45, 2.75) is 57.0 Å². The molecule has 0 bridgehead atoms. The Morgan fingerprint density at radius 3 is 2.36 bits per heavy atom. The number of rotatable bonds is 7. The Morgan fingerprint density at radius 1 is 1.08 bits per heavy atom. The van der Waals surface area contributed by atoms with Gasteiger partial charge < -0.3 is 15.5 Å². The SMILES string of the molecule is CN(C)CC1CCC(NC(=O)NC(Cc2ccccc2)C2CC2)CC1. The normalized spacial score (nSPS) is 24.8. The molecule has 0 aliphatic heterocycles. The highest BCUT2D eigenvalue weighted by atomic mass is 16.2. The van der Waals surface area contributed by atoms with Crippen LogP contribution in [0.5, 0.6) is 0 Å². The van der Waals surface area contributed by atoms with E-state index >= 15 is 0 Å². The predicted molar refractivity (Wildman–Crippen MR) is 103 cm³/mol. The van der Waals surface area contributed by atoms with Gasteiger partial charge >= 0.3 is 6.03 Å². The lowest BCUT2D eigenvalue weighted by atomic mass is 9.86. The van der Waals surface area contributed by atoms with Gasteiger partial charge in [0.15, 0.2) is 0 Å². The summed E-state index contributed by atoms with van der Waals surface area (Å²) in [7, 11) is 4.28. The van der Waals surface area contributed by atoms with Crippen molar-refractivity contribution in [3.05, 3.63) is 35.9 Å². The van der Waals surface area contributed by atoms with Crippen molar-refractivity contribution in [1.82, 2.24) is 15.5 Å². The van der Waals surface area contributed by atoms with Gasteiger partial charge in [-0.2, -0.15) is 0 Å². The second kappa shape index (κ2) is 8.70. The smallest absolute Gasteiger partial charge is 0.315 e. The molecule has 25 heavy (non-hydrogen) atoms. The lowest BCUT2D eigenvalue weighted by molar-refractivity contribution is 0.212. The van der Waals surface area contributed by atoms with Crippen LogP contribution in [0.25, 0.3) is 0 Å². The second-order valence-electron chi connectivity index (χ2n) is 8.23. The summed E-state index contributed by atoms with van der Waals surface area (Å²) in [6, 6.07) is 11.1. The van der Waals surface area contributed by atoms with Gasteiger partial charge in [-0.05, 0) is 76.4 Å². The number of hydrogen-bond donors (Lipinski definition) is 2. The molecule has 0 heterocycles. The Balaban J connectivity index is 1.43. The van der Waals surface area contributed by atoms with Gasteiger partial charge in [0.05, 0.1) is 0 Å². The zero-order valence-electron chi connectivity index (χ0n) is 15.7. The van der Waals surface area contributed by atoms with E-state index in [4.69, 9.17) is 0 Å².